The molecule has 9 heteroatoms. The maximum atomic E-state index is 11.9. The minimum absolute atomic E-state index is 0.0138. The third-order valence-corrected chi connectivity index (χ3v) is 5.31. The molecular weight excluding hydrogens is 431 g/mol. The van der Waals surface area contributed by atoms with Crippen molar-refractivity contribution in [1.29, 1.82) is 0 Å². The number of hydrogen-bond donors (Lipinski definition) is 2. The lowest BCUT2D eigenvalue weighted by molar-refractivity contribution is -0.870. The smallest absolute Gasteiger partial charge is 0.268 e. The molecule has 0 heterocycles. The van der Waals surface area contributed by atoms with Gasteiger partial charge in [0.05, 0.1) is 39.9 Å². The minimum Gasteiger partial charge on any atom is -0.756 e. The lowest BCUT2D eigenvalue weighted by atomic mass is 10.1. The predicted molar refractivity (Wildman–Crippen MR) is 127 cm³/mol. The number of aliphatic hydroxyl groups is 1. The molecule has 32 heavy (non-hydrogen) atoms. The maximum absolute atomic E-state index is 11.9. The normalized spacial score (nSPS) is 16.6. The Morgan fingerprint density at radius 2 is 1.56 bits per heavy atom. The van der Waals surface area contributed by atoms with Gasteiger partial charge in [0.25, 0.3) is 7.82 Å². The summed E-state index contributed by atoms with van der Waals surface area (Å²) >= 11 is 0. The fraction of sp³-hybridized carbons (Fsp3) is 0.696. The second-order valence-electron chi connectivity index (χ2n) is 8.70. The van der Waals surface area contributed by atoms with Crippen LogP contribution in [0.15, 0.2) is 36.5 Å². The molecule has 0 aliphatic rings. The number of quaternary nitrogens is 1. The van der Waals surface area contributed by atoms with Crippen LogP contribution in [0, 0.1) is 0 Å². The summed E-state index contributed by atoms with van der Waals surface area (Å²) in [5, 5.41) is 12.9. The summed E-state index contributed by atoms with van der Waals surface area (Å²) in [6.45, 7) is 3.51. The largest absolute Gasteiger partial charge is 0.756 e. The van der Waals surface area contributed by atoms with Crippen LogP contribution in [0.4, 0.5) is 0 Å². The van der Waals surface area contributed by atoms with Crippen LogP contribution in [0.25, 0.3) is 0 Å². The van der Waals surface area contributed by atoms with E-state index < -0.39 is 32.5 Å². The first-order valence-electron chi connectivity index (χ1n) is 11.3. The fourth-order valence-corrected chi connectivity index (χ4v) is 3.24. The molecular formula is C23H43N2O6P. The summed E-state index contributed by atoms with van der Waals surface area (Å²) in [5.74, 6) is -0.395. The molecule has 0 rings (SSSR count). The molecule has 0 saturated heterocycles. The predicted octanol–water partition coefficient (Wildman–Crippen LogP) is 3.09. The van der Waals surface area contributed by atoms with Crippen molar-refractivity contribution in [3.05, 3.63) is 36.5 Å². The first-order valence-corrected chi connectivity index (χ1v) is 12.8. The molecule has 1 amide bonds. The van der Waals surface area contributed by atoms with E-state index in [2.05, 4.69) is 36.5 Å². The number of nitrogens with one attached hydrogen (secondary N) is 1. The summed E-state index contributed by atoms with van der Waals surface area (Å²) in [4.78, 5) is 23.4. The van der Waals surface area contributed by atoms with E-state index in [0.717, 1.165) is 32.1 Å². The molecule has 3 unspecified atom stereocenters. The molecule has 0 aromatic carbocycles. The number of phosphoric ester groups is 1. The molecule has 0 aromatic rings. The summed E-state index contributed by atoms with van der Waals surface area (Å²) < 4.78 is 22.2. The number of unbranched alkanes of at least 4 members (excludes halogenated alkanes) is 3. The van der Waals surface area contributed by atoms with Gasteiger partial charge in [-0.2, -0.15) is 0 Å². The molecule has 0 fully saturated rings. The number of phosphoric acid groups is 1. The van der Waals surface area contributed by atoms with Gasteiger partial charge in [-0.25, -0.2) is 0 Å². The van der Waals surface area contributed by atoms with Crippen molar-refractivity contribution in [3.8, 4) is 0 Å². The topological polar surface area (TPSA) is 108 Å². The highest BCUT2D eigenvalue weighted by Gasteiger charge is 2.22. The number of amides is 1. The van der Waals surface area contributed by atoms with E-state index >= 15 is 0 Å². The van der Waals surface area contributed by atoms with Crippen molar-refractivity contribution in [2.75, 3.05) is 40.9 Å². The Morgan fingerprint density at radius 3 is 2.06 bits per heavy atom. The number of likely N-dealkylation sites (N-methyl/N-ethyl adjacent to an activating group) is 1. The van der Waals surface area contributed by atoms with Crippen LogP contribution in [0.2, 0.25) is 0 Å². The Hall–Kier alpha value is -1.28. The molecule has 186 valence electrons. The van der Waals surface area contributed by atoms with E-state index in [0.29, 0.717) is 11.0 Å². The van der Waals surface area contributed by atoms with Crippen molar-refractivity contribution in [1.82, 2.24) is 5.32 Å². The zero-order valence-corrected chi connectivity index (χ0v) is 21.3. The fourth-order valence-electron chi connectivity index (χ4n) is 2.51. The number of carbonyl (C=O) groups is 1. The number of carbonyl (C=O) groups excluding carboxylic acids is 1. The zero-order valence-electron chi connectivity index (χ0n) is 20.4. The van der Waals surface area contributed by atoms with E-state index in [1.807, 2.05) is 21.1 Å². The van der Waals surface area contributed by atoms with E-state index in [1.165, 1.54) is 13.3 Å². The van der Waals surface area contributed by atoms with Gasteiger partial charge in [0.1, 0.15) is 13.2 Å². The molecule has 8 nitrogen and oxygen atoms in total. The van der Waals surface area contributed by atoms with Gasteiger partial charge < -0.3 is 28.8 Å². The van der Waals surface area contributed by atoms with Crippen LogP contribution >= 0.6 is 7.82 Å². The van der Waals surface area contributed by atoms with Crippen LogP contribution in [0.1, 0.15) is 52.4 Å². The molecule has 0 radical (unpaired) electrons. The molecule has 0 spiro atoms. The second-order valence-corrected chi connectivity index (χ2v) is 10.1. The minimum atomic E-state index is -4.53. The van der Waals surface area contributed by atoms with E-state index in [-0.39, 0.29) is 6.61 Å². The van der Waals surface area contributed by atoms with Gasteiger partial charge in [0.15, 0.2) is 0 Å². The van der Waals surface area contributed by atoms with Crippen molar-refractivity contribution in [2.24, 2.45) is 0 Å². The Balaban J connectivity index is 4.42. The number of aliphatic hydroxyl groups excluding tert-OH is 1. The number of allylic oxidation sites excluding steroid dienone is 5. The monoisotopic (exact) mass is 474 g/mol. The van der Waals surface area contributed by atoms with Crippen LogP contribution in [0.5, 0.6) is 0 Å². The van der Waals surface area contributed by atoms with Gasteiger partial charge in [-0.15, -0.1) is 0 Å². The average molecular weight is 475 g/mol. The van der Waals surface area contributed by atoms with Crippen molar-refractivity contribution < 1.29 is 32.9 Å². The molecule has 0 aromatic heterocycles. The van der Waals surface area contributed by atoms with Crippen LogP contribution in [-0.4, -0.2) is 68.5 Å². The second kappa shape index (κ2) is 17.2. The first kappa shape index (κ1) is 30.7. The van der Waals surface area contributed by atoms with Gasteiger partial charge in [-0.1, -0.05) is 49.8 Å². The summed E-state index contributed by atoms with van der Waals surface area (Å²) in [6.07, 6.45) is 16.8. The van der Waals surface area contributed by atoms with Crippen molar-refractivity contribution in [2.45, 2.75) is 64.5 Å². The van der Waals surface area contributed by atoms with Crippen LogP contribution in [-0.2, 0) is 18.4 Å². The molecule has 0 saturated carbocycles. The molecule has 0 aliphatic carbocycles. The Kier molecular flexibility index (Phi) is 16.5. The Bertz CT molecular complexity index is 643. The quantitative estimate of drug-likeness (QED) is 0.137. The summed E-state index contributed by atoms with van der Waals surface area (Å²) in [5.41, 5.74) is 0. The summed E-state index contributed by atoms with van der Waals surface area (Å²) in [6, 6.07) is -0.904. The van der Waals surface area contributed by atoms with E-state index in [1.54, 1.807) is 12.2 Å². The highest BCUT2D eigenvalue weighted by atomic mass is 31.2. The Labute approximate surface area is 194 Å². The molecule has 2 N–H and O–H groups in total. The Morgan fingerprint density at radius 1 is 1.03 bits per heavy atom. The maximum Gasteiger partial charge on any atom is 0.268 e. The highest BCUT2D eigenvalue weighted by Crippen LogP contribution is 2.38. The highest BCUT2D eigenvalue weighted by molar-refractivity contribution is 7.45. The van der Waals surface area contributed by atoms with Gasteiger partial charge in [-0.3, -0.25) is 9.36 Å². The van der Waals surface area contributed by atoms with Gasteiger partial charge in [-0.05, 0) is 32.1 Å². The van der Waals surface area contributed by atoms with E-state index in [9.17, 15) is 19.4 Å². The van der Waals surface area contributed by atoms with Crippen molar-refractivity contribution in [3.63, 3.8) is 0 Å². The molecule has 0 aliphatic heterocycles. The molecule has 0 bridgehead atoms. The lowest BCUT2D eigenvalue weighted by Gasteiger charge is -2.29. The SMILES string of the molecule is CCC/C=C/CC/C=C/CC/C=C/C(O)C(COP(=O)([O-])OCC[N+](C)(C)C)NC(C)=O. The zero-order chi connectivity index (χ0) is 24.5. The standard InChI is InChI=1S/C23H43N2O6P/c1-6-7-8-9-10-11-12-13-14-15-16-17-23(27)22(24-21(2)26)20-31-32(28,29)30-19-18-25(3,4)5/h8-9,12-13,16-17,22-23,27H,6-7,10-11,14-15,18-20H2,1-5H3,(H-,24,26,28,29)/b9-8+,13-12+,17-16+. The molecule has 3 atom stereocenters. The van der Waals surface area contributed by atoms with Crippen LogP contribution < -0.4 is 10.2 Å². The third kappa shape index (κ3) is 19.4. The average Bonchev–Trinajstić information content (AvgIpc) is 2.67. The lowest BCUT2D eigenvalue weighted by Crippen LogP contribution is -2.45. The number of nitrogens with zero attached hydrogens (tertiary/aromatic N) is 1. The third-order valence-electron chi connectivity index (χ3n) is 4.35. The number of rotatable bonds is 18. The number of hydrogen-bond acceptors (Lipinski definition) is 6. The first-order chi connectivity index (χ1) is 15.0. The van der Waals surface area contributed by atoms with Gasteiger partial charge in [0, 0.05) is 6.92 Å². The van der Waals surface area contributed by atoms with Gasteiger partial charge in [0.2, 0.25) is 5.91 Å². The van der Waals surface area contributed by atoms with Crippen molar-refractivity contribution >= 4 is 13.7 Å². The van der Waals surface area contributed by atoms with Gasteiger partial charge >= 0.3 is 0 Å². The van der Waals surface area contributed by atoms with Crippen LogP contribution in [0.3, 0.4) is 0 Å². The van der Waals surface area contributed by atoms with E-state index in [4.69, 9.17) is 9.05 Å². The summed E-state index contributed by atoms with van der Waals surface area (Å²) in [7, 11) is 1.21.